The number of phenols is 1. The number of nitrogen functional groups attached to an aromatic ring is 1. The number of para-hydroxylation sites is 2. The van der Waals surface area contributed by atoms with Crippen LogP contribution in [0.5, 0.6) is 5.75 Å². The SMILES string of the molecule is N#Cc1ccc(NC(=O)O[C@@H](CCC/C=C/C(=O)Nc2ccccc2N)c2ccc(O)c3ccccc23)cc1. The molecule has 0 aliphatic heterocycles. The molecule has 0 aliphatic rings. The Bertz CT molecular complexity index is 1540. The van der Waals surface area contributed by atoms with Gasteiger partial charge in [0.25, 0.3) is 0 Å². The molecule has 8 heteroatoms. The molecule has 0 radical (unpaired) electrons. The summed E-state index contributed by atoms with van der Waals surface area (Å²) in [5.41, 5.74) is 8.65. The fourth-order valence-corrected chi connectivity index (χ4v) is 4.17. The molecule has 4 aromatic rings. The van der Waals surface area contributed by atoms with Crippen LogP contribution < -0.4 is 16.4 Å². The van der Waals surface area contributed by atoms with Crippen LogP contribution in [-0.4, -0.2) is 17.1 Å². The van der Waals surface area contributed by atoms with Crippen LogP contribution in [-0.2, 0) is 9.53 Å². The highest BCUT2D eigenvalue weighted by molar-refractivity contribution is 6.01. The maximum Gasteiger partial charge on any atom is 0.412 e. The van der Waals surface area contributed by atoms with Crippen LogP contribution in [0.4, 0.5) is 21.9 Å². The number of nitrogens with two attached hydrogens (primary N) is 1. The molecule has 0 unspecified atom stereocenters. The molecular weight excluding hydrogens is 492 g/mol. The lowest BCUT2D eigenvalue weighted by Crippen LogP contribution is -2.18. The second kappa shape index (κ2) is 12.8. The number of aromatic hydroxyl groups is 1. The second-order valence-electron chi connectivity index (χ2n) is 8.84. The van der Waals surface area contributed by atoms with Crippen molar-refractivity contribution in [2.75, 3.05) is 16.4 Å². The van der Waals surface area contributed by atoms with E-state index in [1.54, 1.807) is 66.7 Å². The molecule has 5 N–H and O–H groups in total. The van der Waals surface area contributed by atoms with Crippen molar-refractivity contribution in [3.63, 3.8) is 0 Å². The van der Waals surface area contributed by atoms with Crippen molar-refractivity contribution < 1.29 is 19.4 Å². The quantitative estimate of drug-likeness (QED) is 0.111. The van der Waals surface area contributed by atoms with Crippen molar-refractivity contribution in [1.82, 2.24) is 0 Å². The first-order chi connectivity index (χ1) is 18.9. The Labute approximate surface area is 226 Å². The monoisotopic (exact) mass is 520 g/mol. The molecule has 8 nitrogen and oxygen atoms in total. The summed E-state index contributed by atoms with van der Waals surface area (Å²) in [6.45, 7) is 0. The van der Waals surface area contributed by atoms with E-state index in [2.05, 4.69) is 10.6 Å². The molecule has 0 saturated carbocycles. The summed E-state index contributed by atoms with van der Waals surface area (Å²) >= 11 is 0. The third-order valence-corrected chi connectivity index (χ3v) is 6.12. The highest BCUT2D eigenvalue weighted by Crippen LogP contribution is 2.35. The average Bonchev–Trinajstić information content (AvgIpc) is 2.94. The standard InChI is InChI=1S/C31H28N4O4/c32-20-21-14-16-22(17-15-21)34-31(38)39-29(25-18-19-28(36)24-9-5-4-8-23(24)25)12-2-1-3-13-30(37)35-27-11-7-6-10-26(27)33/h3-11,13-19,29,36H,1-2,12,33H2,(H,34,38)(H,35,37)/b13-3+/t29-/m0/s1. The number of carbonyl (C=O) groups is 2. The number of unbranched alkanes of at least 4 members (excludes halogenated alkanes) is 1. The molecule has 0 aliphatic carbocycles. The number of nitrogens with zero attached hydrogens (tertiary/aromatic N) is 1. The van der Waals surface area contributed by atoms with Gasteiger partial charge >= 0.3 is 6.09 Å². The number of phenolic OH excluding ortho intramolecular Hbond substituents is 1. The Morgan fingerprint density at radius 1 is 0.949 bits per heavy atom. The highest BCUT2D eigenvalue weighted by atomic mass is 16.6. The van der Waals surface area contributed by atoms with E-state index in [0.29, 0.717) is 47.3 Å². The maximum absolute atomic E-state index is 12.8. The molecule has 0 spiro atoms. The molecule has 39 heavy (non-hydrogen) atoms. The number of carbonyl (C=O) groups excluding carboxylic acids is 2. The lowest BCUT2D eigenvalue weighted by atomic mass is 9.96. The number of nitriles is 1. The van der Waals surface area contributed by atoms with Crippen molar-refractivity contribution in [2.24, 2.45) is 0 Å². The van der Waals surface area contributed by atoms with Crippen LogP contribution in [0, 0.1) is 11.3 Å². The summed E-state index contributed by atoms with van der Waals surface area (Å²) in [6, 6.07) is 26.3. The second-order valence-corrected chi connectivity index (χ2v) is 8.84. The maximum atomic E-state index is 12.8. The molecular formula is C31H28N4O4. The molecule has 4 rings (SSSR count). The first-order valence-corrected chi connectivity index (χ1v) is 12.4. The molecule has 0 bridgehead atoms. The molecule has 0 fully saturated rings. The molecule has 2 amide bonds. The lowest BCUT2D eigenvalue weighted by molar-refractivity contribution is -0.111. The van der Waals surface area contributed by atoms with E-state index in [9.17, 15) is 14.7 Å². The van der Waals surface area contributed by atoms with Gasteiger partial charge in [-0.1, -0.05) is 48.5 Å². The Morgan fingerprint density at radius 3 is 2.41 bits per heavy atom. The van der Waals surface area contributed by atoms with Gasteiger partial charge in [-0.3, -0.25) is 10.1 Å². The van der Waals surface area contributed by atoms with E-state index in [1.807, 2.05) is 30.3 Å². The summed E-state index contributed by atoms with van der Waals surface area (Å²) in [6.07, 6.45) is 3.64. The van der Waals surface area contributed by atoms with Crippen LogP contribution in [0.25, 0.3) is 10.8 Å². The lowest BCUT2D eigenvalue weighted by Gasteiger charge is -2.20. The van der Waals surface area contributed by atoms with E-state index >= 15 is 0 Å². The summed E-state index contributed by atoms with van der Waals surface area (Å²) < 4.78 is 5.85. The number of hydrogen-bond donors (Lipinski definition) is 4. The molecule has 1 atom stereocenters. The Hall–Kier alpha value is -5.29. The number of amides is 2. The predicted molar refractivity (Wildman–Crippen MR) is 152 cm³/mol. The summed E-state index contributed by atoms with van der Waals surface area (Å²) in [5, 5.41) is 26.2. The predicted octanol–water partition coefficient (Wildman–Crippen LogP) is 6.65. The van der Waals surface area contributed by atoms with Gasteiger partial charge in [0.15, 0.2) is 0 Å². The molecule has 0 aromatic heterocycles. The fraction of sp³-hybridized carbons (Fsp3) is 0.129. The van der Waals surface area contributed by atoms with Gasteiger partial charge < -0.3 is 20.9 Å². The van der Waals surface area contributed by atoms with Crippen LogP contribution >= 0.6 is 0 Å². The van der Waals surface area contributed by atoms with Crippen molar-refractivity contribution >= 4 is 39.8 Å². The van der Waals surface area contributed by atoms with Crippen LogP contribution in [0.3, 0.4) is 0 Å². The van der Waals surface area contributed by atoms with E-state index < -0.39 is 12.2 Å². The number of nitrogens with one attached hydrogen (secondary N) is 2. The number of benzene rings is 4. The highest BCUT2D eigenvalue weighted by Gasteiger charge is 2.20. The van der Waals surface area contributed by atoms with Gasteiger partial charge in [0.05, 0.1) is 23.0 Å². The van der Waals surface area contributed by atoms with Gasteiger partial charge in [0.2, 0.25) is 5.91 Å². The molecule has 0 saturated heterocycles. The number of fused-ring (bicyclic) bond motifs is 1. The first-order valence-electron chi connectivity index (χ1n) is 12.4. The van der Waals surface area contributed by atoms with Crippen LogP contribution in [0.2, 0.25) is 0 Å². The van der Waals surface area contributed by atoms with E-state index in [1.165, 1.54) is 6.08 Å². The first kappa shape index (κ1) is 26.8. The summed E-state index contributed by atoms with van der Waals surface area (Å²) in [7, 11) is 0. The zero-order valence-electron chi connectivity index (χ0n) is 21.1. The fourth-order valence-electron chi connectivity index (χ4n) is 4.17. The third-order valence-electron chi connectivity index (χ3n) is 6.12. The number of hydrogen-bond acceptors (Lipinski definition) is 6. The largest absolute Gasteiger partial charge is 0.507 e. The Balaban J connectivity index is 1.44. The third kappa shape index (κ3) is 7.14. The van der Waals surface area contributed by atoms with Crippen molar-refractivity contribution in [3.05, 3.63) is 108 Å². The van der Waals surface area contributed by atoms with Gasteiger partial charge in [-0.05, 0) is 73.2 Å². The number of allylic oxidation sites excluding steroid dienone is 1. The minimum Gasteiger partial charge on any atom is -0.507 e. The summed E-state index contributed by atoms with van der Waals surface area (Å²) in [5.74, 6) is -0.143. The molecule has 0 heterocycles. The molecule has 4 aromatic carbocycles. The normalized spacial score (nSPS) is 11.6. The summed E-state index contributed by atoms with van der Waals surface area (Å²) in [4.78, 5) is 25.1. The Kier molecular flexibility index (Phi) is 8.78. The number of rotatable bonds is 9. The van der Waals surface area contributed by atoms with E-state index in [4.69, 9.17) is 15.7 Å². The van der Waals surface area contributed by atoms with Crippen molar-refractivity contribution in [1.29, 1.82) is 5.26 Å². The minimum atomic E-state index is -0.641. The van der Waals surface area contributed by atoms with Crippen LogP contribution in [0.1, 0.15) is 36.5 Å². The van der Waals surface area contributed by atoms with Crippen LogP contribution in [0.15, 0.2) is 97.1 Å². The minimum absolute atomic E-state index is 0.142. The number of anilines is 3. The molecule has 196 valence electrons. The van der Waals surface area contributed by atoms with Gasteiger partial charge in [-0.2, -0.15) is 5.26 Å². The number of ether oxygens (including phenoxy) is 1. The van der Waals surface area contributed by atoms with Gasteiger partial charge in [-0.25, -0.2) is 4.79 Å². The smallest absolute Gasteiger partial charge is 0.412 e. The zero-order valence-corrected chi connectivity index (χ0v) is 21.1. The van der Waals surface area contributed by atoms with Crippen molar-refractivity contribution in [2.45, 2.75) is 25.4 Å². The van der Waals surface area contributed by atoms with Gasteiger partial charge in [0, 0.05) is 16.6 Å². The van der Waals surface area contributed by atoms with E-state index in [-0.39, 0.29) is 11.7 Å². The van der Waals surface area contributed by atoms with E-state index in [0.717, 1.165) is 10.9 Å². The zero-order chi connectivity index (χ0) is 27.6. The van der Waals surface area contributed by atoms with Gasteiger partial charge in [-0.15, -0.1) is 0 Å². The topological polar surface area (TPSA) is 137 Å². The van der Waals surface area contributed by atoms with Crippen molar-refractivity contribution in [3.8, 4) is 11.8 Å². The Morgan fingerprint density at radius 2 is 1.67 bits per heavy atom. The average molecular weight is 521 g/mol. The van der Waals surface area contributed by atoms with Gasteiger partial charge in [0.1, 0.15) is 11.9 Å².